The standard InChI is InChI=1S/2C16H21.C12H11Si.2CH3.Zr/c2*1-10(2)13-8-14-6-12(5)7-16(14)15(9-13)11(3)4;1-3-7-11(8-4-1)13-12-9-5-2-6-10-12;;;/h2*6-11H,1-5H3;1-10,13H;2*1H3;. The molecule has 251 valence electrons. The van der Waals surface area contributed by atoms with Crippen LogP contribution in [0.5, 0.6) is 0 Å². The van der Waals surface area contributed by atoms with Crippen LogP contribution in [0.2, 0.25) is 9.26 Å². The summed E-state index contributed by atoms with van der Waals surface area (Å²) in [7, 11) is 0. The van der Waals surface area contributed by atoms with Gasteiger partial charge >= 0.3 is 296 Å². The van der Waals surface area contributed by atoms with Crippen molar-refractivity contribution in [2.75, 3.05) is 0 Å². The van der Waals surface area contributed by atoms with Crippen molar-refractivity contribution >= 4 is 28.4 Å². The predicted molar refractivity (Wildman–Crippen MR) is 213 cm³/mol. The van der Waals surface area contributed by atoms with Crippen LogP contribution in [0.4, 0.5) is 0 Å². The van der Waals surface area contributed by atoms with Gasteiger partial charge in [0.25, 0.3) is 0 Å². The third kappa shape index (κ3) is 5.68. The second-order valence-electron chi connectivity index (χ2n) is 17.5. The molecule has 48 heavy (non-hydrogen) atoms. The van der Waals surface area contributed by atoms with E-state index in [-0.39, 0.29) is 0 Å². The van der Waals surface area contributed by atoms with E-state index in [2.05, 4.69) is 176 Å². The summed E-state index contributed by atoms with van der Waals surface area (Å²) < 4.78 is 6.83. The summed E-state index contributed by atoms with van der Waals surface area (Å²) in [6, 6.07) is 34.1. The van der Waals surface area contributed by atoms with Crippen LogP contribution in [-0.4, -0.2) is 5.92 Å². The van der Waals surface area contributed by atoms with E-state index < -0.39 is 23.9 Å². The number of hydrogen-bond acceptors (Lipinski definition) is 0. The molecule has 0 spiro atoms. The molecule has 0 N–H and O–H groups in total. The normalized spacial score (nSPS) is 18.4. The molecule has 2 aliphatic rings. The quantitative estimate of drug-likeness (QED) is 0.150. The maximum atomic E-state index is 2.95. The van der Waals surface area contributed by atoms with E-state index in [0.29, 0.717) is 30.9 Å². The first kappa shape index (κ1) is 35.3. The van der Waals surface area contributed by atoms with Crippen molar-refractivity contribution in [1.29, 1.82) is 0 Å². The van der Waals surface area contributed by atoms with Crippen molar-refractivity contribution < 1.29 is 17.9 Å². The number of fused-ring (bicyclic) bond motifs is 2. The van der Waals surface area contributed by atoms with E-state index in [1.165, 1.54) is 33.4 Å². The molecule has 0 saturated heterocycles. The summed E-state index contributed by atoms with van der Waals surface area (Å²) in [5, 5.41) is 3.24. The molecule has 0 aliphatic heterocycles. The fourth-order valence-corrected chi connectivity index (χ4v) is 57.6. The Morgan fingerprint density at radius 3 is 1.17 bits per heavy atom. The summed E-state index contributed by atoms with van der Waals surface area (Å²) in [6.07, 6.45) is 5.28. The summed E-state index contributed by atoms with van der Waals surface area (Å²) in [4.78, 5) is 0. The van der Waals surface area contributed by atoms with Gasteiger partial charge in [-0.25, -0.2) is 0 Å². The third-order valence-electron chi connectivity index (χ3n) is 12.4. The molecule has 0 aromatic heterocycles. The Bertz CT molecular complexity index is 1750. The van der Waals surface area contributed by atoms with Crippen molar-refractivity contribution in [3.8, 4) is 0 Å². The monoisotopic (exact) mass is 729 g/mol. The number of rotatable bonds is 9. The third-order valence-corrected chi connectivity index (χ3v) is 51.3. The minimum atomic E-state index is -4.28. The molecule has 0 radical (unpaired) electrons. The van der Waals surface area contributed by atoms with Crippen LogP contribution in [0.15, 0.2) is 96.1 Å². The van der Waals surface area contributed by atoms with E-state index in [4.69, 9.17) is 0 Å². The molecule has 2 heteroatoms. The Morgan fingerprint density at radius 1 is 0.500 bits per heavy atom. The minimum absolute atomic E-state index is 0.472. The molecule has 0 amide bonds. The number of benzene rings is 4. The molecule has 6 rings (SSSR count). The van der Waals surface area contributed by atoms with Crippen molar-refractivity contribution in [2.24, 2.45) is 0 Å². The van der Waals surface area contributed by atoms with Crippen LogP contribution in [0.3, 0.4) is 0 Å². The Kier molecular flexibility index (Phi) is 9.54. The van der Waals surface area contributed by atoms with E-state index in [0.717, 1.165) is 0 Å². The second-order valence-corrected chi connectivity index (χ2v) is 51.0. The Labute approximate surface area is 294 Å². The van der Waals surface area contributed by atoms with Gasteiger partial charge in [0.1, 0.15) is 0 Å². The summed E-state index contributed by atoms with van der Waals surface area (Å²) >= 11 is -4.28. The molecule has 4 aromatic carbocycles. The fraction of sp³-hybridized carbons (Fsp3) is 0.391. The Balaban J connectivity index is 1.78. The van der Waals surface area contributed by atoms with E-state index in [1.54, 1.807) is 32.6 Å². The molecule has 0 fully saturated rings. The van der Waals surface area contributed by atoms with Gasteiger partial charge in [0.2, 0.25) is 0 Å². The zero-order valence-corrected chi connectivity index (χ0v) is 35.4. The average Bonchev–Trinajstić information content (AvgIpc) is 3.57. The van der Waals surface area contributed by atoms with Crippen LogP contribution in [0.25, 0.3) is 12.2 Å². The van der Waals surface area contributed by atoms with E-state index in [1.807, 2.05) is 0 Å². The van der Waals surface area contributed by atoms with Crippen molar-refractivity contribution in [3.05, 3.63) is 141 Å². The molecule has 0 heterocycles. The first-order valence-electron chi connectivity index (χ1n) is 18.7. The topological polar surface area (TPSA) is 0 Å². The predicted octanol–water partition coefficient (Wildman–Crippen LogP) is 12.1. The molecular formula is C46H59SiZr. The van der Waals surface area contributed by atoms with E-state index >= 15 is 0 Å². The molecule has 0 bridgehead atoms. The molecule has 2 aliphatic carbocycles. The van der Waals surface area contributed by atoms with Gasteiger partial charge in [-0.15, -0.1) is 0 Å². The van der Waals surface area contributed by atoms with Crippen LogP contribution < -0.4 is 10.4 Å². The molecule has 0 nitrogen and oxygen atoms in total. The van der Waals surface area contributed by atoms with Crippen LogP contribution in [0, 0.1) is 0 Å². The van der Waals surface area contributed by atoms with Gasteiger partial charge in [0.15, 0.2) is 0 Å². The van der Waals surface area contributed by atoms with Crippen LogP contribution >= 0.6 is 0 Å². The maximum absolute atomic E-state index is 4.28. The fourth-order valence-electron chi connectivity index (χ4n) is 10.4. The van der Waals surface area contributed by atoms with Crippen molar-refractivity contribution in [3.63, 3.8) is 0 Å². The molecule has 0 saturated carbocycles. The van der Waals surface area contributed by atoms with Gasteiger partial charge in [-0.3, -0.25) is 0 Å². The van der Waals surface area contributed by atoms with Gasteiger partial charge in [-0.05, 0) is 0 Å². The van der Waals surface area contributed by atoms with Gasteiger partial charge in [-0.1, -0.05) is 0 Å². The van der Waals surface area contributed by atoms with Gasteiger partial charge < -0.3 is 0 Å². The molecule has 2 atom stereocenters. The van der Waals surface area contributed by atoms with Crippen LogP contribution in [0.1, 0.15) is 145 Å². The van der Waals surface area contributed by atoms with Crippen molar-refractivity contribution in [1.82, 2.24) is 0 Å². The summed E-state index contributed by atoms with van der Waals surface area (Å²) in [5.74, 6) is 0.139. The Hall–Kier alpha value is -2.54. The summed E-state index contributed by atoms with van der Waals surface area (Å²) in [5.41, 5.74) is 15.7. The molecular weight excluding hydrogens is 672 g/mol. The number of hydrogen-bond donors (Lipinski definition) is 0. The second kappa shape index (κ2) is 13.0. The zero-order chi connectivity index (χ0) is 34.7. The summed E-state index contributed by atoms with van der Waals surface area (Å²) in [6.45, 7) is 24.1. The number of allylic oxidation sites excluding steroid dienone is 2. The van der Waals surface area contributed by atoms with Crippen LogP contribution in [-0.2, 0) is 17.9 Å². The Morgan fingerprint density at radius 2 is 0.854 bits per heavy atom. The molecule has 4 aromatic rings. The van der Waals surface area contributed by atoms with Crippen molar-refractivity contribution in [2.45, 2.75) is 109 Å². The first-order valence-corrected chi connectivity index (χ1v) is 32.4. The van der Waals surface area contributed by atoms with Gasteiger partial charge in [0, 0.05) is 0 Å². The zero-order valence-electron chi connectivity index (χ0n) is 31.8. The first-order chi connectivity index (χ1) is 22.6. The van der Waals surface area contributed by atoms with E-state index in [9.17, 15) is 0 Å². The van der Waals surface area contributed by atoms with Gasteiger partial charge in [0.05, 0.1) is 0 Å². The average molecular weight is 731 g/mol. The van der Waals surface area contributed by atoms with Gasteiger partial charge in [-0.2, -0.15) is 0 Å². The molecule has 2 unspecified atom stereocenters. The SMILES string of the molecule is CC1=Cc2c(C(C)C)cc(C(C)C)cc2[CH]1[Zr]([CH3])([CH3])([CH]1C(C)=Cc2c(C(C)C)cc(C(C)C)cc21)[SiH](c1ccccc1)c1ccccc1.